The largest absolute Gasteiger partial charge is 0.348 e. The van der Waals surface area contributed by atoms with Gasteiger partial charge in [0.2, 0.25) is 0 Å². The minimum absolute atomic E-state index is 0.132. The van der Waals surface area contributed by atoms with E-state index in [9.17, 15) is 4.79 Å². The van der Waals surface area contributed by atoms with Gasteiger partial charge in [0, 0.05) is 35.6 Å². The molecule has 37 heavy (non-hydrogen) atoms. The van der Waals surface area contributed by atoms with Gasteiger partial charge in [0.05, 0.1) is 28.9 Å². The maximum Gasteiger partial charge on any atom is 0.252 e. The third kappa shape index (κ3) is 4.39. The first-order valence-corrected chi connectivity index (χ1v) is 12.7. The van der Waals surface area contributed by atoms with Crippen molar-refractivity contribution in [2.45, 2.75) is 52.6 Å². The molecule has 0 unspecified atom stereocenters. The van der Waals surface area contributed by atoms with Crippen LogP contribution in [-0.2, 0) is 13.1 Å². The molecular formula is C29H29N7O. The highest BCUT2D eigenvalue weighted by Gasteiger charge is 2.29. The number of nitrogens with zero attached hydrogens (tertiary/aromatic N) is 6. The number of nitrogens with one attached hydrogen (secondary N) is 1. The van der Waals surface area contributed by atoms with Crippen LogP contribution in [0.1, 0.15) is 63.0 Å². The molecule has 8 heteroatoms. The normalized spacial score (nSPS) is 13.3. The van der Waals surface area contributed by atoms with Crippen LogP contribution < -0.4 is 5.32 Å². The van der Waals surface area contributed by atoms with Gasteiger partial charge < -0.3 is 5.32 Å². The van der Waals surface area contributed by atoms with E-state index in [0.717, 1.165) is 46.6 Å². The number of benzene rings is 1. The smallest absolute Gasteiger partial charge is 0.252 e. The maximum absolute atomic E-state index is 13.6. The van der Waals surface area contributed by atoms with E-state index in [1.807, 2.05) is 61.0 Å². The number of aryl methyl sites for hydroxylation is 2. The van der Waals surface area contributed by atoms with Crippen LogP contribution >= 0.6 is 0 Å². The van der Waals surface area contributed by atoms with E-state index >= 15 is 0 Å². The lowest BCUT2D eigenvalue weighted by Gasteiger charge is -2.10. The Hall–Kier alpha value is -4.33. The number of rotatable bonds is 7. The lowest BCUT2D eigenvalue weighted by Crippen LogP contribution is -2.24. The Balaban J connectivity index is 1.31. The summed E-state index contributed by atoms with van der Waals surface area (Å²) in [6.45, 7) is 7.07. The second kappa shape index (κ2) is 9.28. The van der Waals surface area contributed by atoms with Gasteiger partial charge in [-0.25, -0.2) is 9.97 Å². The van der Waals surface area contributed by atoms with E-state index < -0.39 is 0 Å². The number of hydrogen-bond donors (Lipinski definition) is 1. The van der Waals surface area contributed by atoms with Gasteiger partial charge in [0.25, 0.3) is 5.91 Å². The molecule has 5 aromatic rings. The van der Waals surface area contributed by atoms with Crippen LogP contribution in [-0.4, -0.2) is 35.4 Å². The fourth-order valence-corrected chi connectivity index (χ4v) is 4.88. The first-order valence-electron chi connectivity index (χ1n) is 12.7. The number of hydrogen-bond acceptors (Lipinski definition) is 5. The van der Waals surface area contributed by atoms with Gasteiger partial charge in [0.15, 0.2) is 11.5 Å². The van der Waals surface area contributed by atoms with Crippen molar-refractivity contribution < 1.29 is 4.79 Å². The van der Waals surface area contributed by atoms with Gasteiger partial charge in [-0.15, -0.1) is 0 Å². The molecule has 0 atom stereocenters. The van der Waals surface area contributed by atoms with Crippen molar-refractivity contribution in [1.82, 2.24) is 34.8 Å². The number of carbonyl (C=O) groups is 1. The molecule has 6 rings (SSSR count). The third-order valence-electron chi connectivity index (χ3n) is 7.07. The second-order valence-electron chi connectivity index (χ2n) is 9.73. The van der Waals surface area contributed by atoms with Gasteiger partial charge in [-0.05, 0) is 57.4 Å². The van der Waals surface area contributed by atoms with Crippen molar-refractivity contribution >= 4 is 16.9 Å². The van der Waals surface area contributed by atoms with Crippen LogP contribution in [0.25, 0.3) is 16.9 Å². The summed E-state index contributed by atoms with van der Waals surface area (Å²) in [5, 5.41) is 13.4. The van der Waals surface area contributed by atoms with Crippen LogP contribution in [0, 0.1) is 20.8 Å². The van der Waals surface area contributed by atoms with Crippen molar-refractivity contribution in [3.8, 4) is 5.82 Å². The molecule has 0 saturated heterocycles. The Kier molecular flexibility index (Phi) is 5.79. The Morgan fingerprint density at radius 2 is 1.78 bits per heavy atom. The summed E-state index contributed by atoms with van der Waals surface area (Å²) < 4.78 is 3.75. The standard InChI is InChI=1S/C29H29N7O/c1-18-24(20(3)35(33-18)17-21-9-5-4-6-10-21)16-31-29(37)23-15-25(22-12-13-22)32-28-27(23)19(2)34-36(28)26-11-7-8-14-30-26/h4-11,14-15,22H,12-13,16-17H2,1-3H3,(H,31,37). The molecule has 8 nitrogen and oxygen atoms in total. The molecule has 1 fully saturated rings. The van der Waals surface area contributed by atoms with Gasteiger partial charge in [-0.3, -0.25) is 9.48 Å². The molecule has 4 heterocycles. The first kappa shape index (κ1) is 23.1. The Morgan fingerprint density at radius 3 is 2.51 bits per heavy atom. The van der Waals surface area contributed by atoms with E-state index in [4.69, 9.17) is 15.2 Å². The van der Waals surface area contributed by atoms with Crippen molar-refractivity contribution in [3.63, 3.8) is 0 Å². The van der Waals surface area contributed by atoms with Crippen LogP contribution in [0.2, 0.25) is 0 Å². The lowest BCUT2D eigenvalue weighted by molar-refractivity contribution is 0.0952. The molecule has 1 amide bonds. The van der Waals surface area contributed by atoms with Crippen molar-refractivity contribution in [3.05, 3.63) is 100 Å². The van der Waals surface area contributed by atoms with Gasteiger partial charge in [-0.1, -0.05) is 36.4 Å². The summed E-state index contributed by atoms with van der Waals surface area (Å²) in [7, 11) is 0. The Morgan fingerprint density at radius 1 is 1.00 bits per heavy atom. The molecule has 4 aromatic heterocycles. The molecule has 1 aromatic carbocycles. The minimum atomic E-state index is -0.132. The topological polar surface area (TPSA) is 90.5 Å². The van der Waals surface area contributed by atoms with E-state index in [1.165, 1.54) is 5.56 Å². The predicted molar refractivity (Wildman–Crippen MR) is 142 cm³/mol. The summed E-state index contributed by atoms with van der Waals surface area (Å²) in [5.41, 5.74) is 7.19. The second-order valence-corrected chi connectivity index (χ2v) is 9.73. The fourth-order valence-electron chi connectivity index (χ4n) is 4.88. The van der Waals surface area contributed by atoms with Gasteiger partial charge >= 0.3 is 0 Å². The predicted octanol–water partition coefficient (Wildman–Crippen LogP) is 4.79. The summed E-state index contributed by atoms with van der Waals surface area (Å²) in [6, 6.07) is 17.9. The molecule has 0 spiro atoms. The molecule has 1 N–H and O–H groups in total. The molecule has 0 bridgehead atoms. The summed E-state index contributed by atoms with van der Waals surface area (Å²) >= 11 is 0. The molecule has 0 aliphatic heterocycles. The molecule has 186 valence electrons. The first-order chi connectivity index (χ1) is 18.0. The summed E-state index contributed by atoms with van der Waals surface area (Å²) in [4.78, 5) is 23.0. The number of aromatic nitrogens is 6. The maximum atomic E-state index is 13.6. The van der Waals surface area contributed by atoms with Crippen molar-refractivity contribution in [1.29, 1.82) is 0 Å². The molecule has 1 saturated carbocycles. The highest BCUT2D eigenvalue weighted by Crippen LogP contribution is 2.40. The molecule has 1 aliphatic carbocycles. The van der Waals surface area contributed by atoms with E-state index in [0.29, 0.717) is 36.0 Å². The number of pyridine rings is 2. The zero-order chi connectivity index (χ0) is 25.5. The van der Waals surface area contributed by atoms with Gasteiger partial charge in [-0.2, -0.15) is 14.9 Å². The van der Waals surface area contributed by atoms with Crippen molar-refractivity contribution in [2.75, 3.05) is 0 Å². The molecule has 1 aliphatic rings. The summed E-state index contributed by atoms with van der Waals surface area (Å²) in [5.74, 6) is 0.945. The average Bonchev–Trinajstić information content (AvgIpc) is 3.67. The van der Waals surface area contributed by atoms with E-state index in [2.05, 4.69) is 29.4 Å². The highest BCUT2D eigenvalue weighted by atomic mass is 16.1. The zero-order valence-electron chi connectivity index (χ0n) is 21.3. The molecular weight excluding hydrogens is 462 g/mol. The van der Waals surface area contributed by atoms with Gasteiger partial charge in [0.1, 0.15) is 0 Å². The minimum Gasteiger partial charge on any atom is -0.348 e. The fraction of sp³-hybridized carbons (Fsp3) is 0.276. The average molecular weight is 492 g/mol. The quantitative estimate of drug-likeness (QED) is 0.353. The number of carbonyl (C=O) groups excluding carboxylic acids is 1. The van der Waals surface area contributed by atoms with Crippen LogP contribution in [0.5, 0.6) is 0 Å². The monoisotopic (exact) mass is 491 g/mol. The Bertz CT molecular complexity index is 1600. The van der Waals surface area contributed by atoms with Crippen LogP contribution in [0.3, 0.4) is 0 Å². The zero-order valence-corrected chi connectivity index (χ0v) is 21.3. The molecule has 0 radical (unpaired) electrons. The van der Waals surface area contributed by atoms with E-state index in [-0.39, 0.29) is 5.91 Å². The number of fused-ring (bicyclic) bond motifs is 1. The highest BCUT2D eigenvalue weighted by molar-refractivity contribution is 6.06. The summed E-state index contributed by atoms with van der Waals surface area (Å²) in [6.07, 6.45) is 3.92. The van der Waals surface area contributed by atoms with Crippen LogP contribution in [0.4, 0.5) is 0 Å². The SMILES string of the molecule is Cc1nn(Cc2ccccc2)c(C)c1CNC(=O)c1cc(C2CC2)nc2c1c(C)nn2-c1ccccn1. The van der Waals surface area contributed by atoms with Crippen LogP contribution in [0.15, 0.2) is 60.8 Å². The lowest BCUT2D eigenvalue weighted by atomic mass is 10.1. The van der Waals surface area contributed by atoms with E-state index in [1.54, 1.807) is 10.9 Å². The third-order valence-corrected chi connectivity index (χ3v) is 7.07. The Labute approximate surface area is 215 Å². The number of amides is 1. The van der Waals surface area contributed by atoms with Crippen molar-refractivity contribution in [2.24, 2.45) is 0 Å².